The molecule has 16 heavy (non-hydrogen) atoms. The molecule has 0 spiro atoms. The van der Waals surface area contributed by atoms with Gasteiger partial charge >= 0.3 is 11.8 Å². The van der Waals surface area contributed by atoms with Crippen LogP contribution in [0.4, 0.5) is 0 Å². The van der Waals surface area contributed by atoms with Crippen molar-refractivity contribution in [2.75, 3.05) is 6.54 Å². The third-order valence-electron chi connectivity index (χ3n) is 2.16. The lowest BCUT2D eigenvalue weighted by atomic mass is 10.1. The number of carbonyl (C=O) groups excluding carboxylic acids is 2. The van der Waals surface area contributed by atoms with Crippen LogP contribution in [0.2, 0.25) is 0 Å². The van der Waals surface area contributed by atoms with Gasteiger partial charge in [0, 0.05) is 6.54 Å². The molecule has 0 saturated heterocycles. The van der Waals surface area contributed by atoms with Crippen LogP contribution in [-0.2, 0) is 16.0 Å². The van der Waals surface area contributed by atoms with Crippen LogP contribution in [0.15, 0.2) is 24.3 Å². The van der Waals surface area contributed by atoms with Gasteiger partial charge in [0.25, 0.3) is 0 Å². The third kappa shape index (κ3) is 3.70. The second kappa shape index (κ2) is 5.87. The Bertz CT molecular complexity index is 373. The Morgan fingerprint density at radius 2 is 1.81 bits per heavy atom. The molecule has 2 amide bonds. The van der Waals surface area contributed by atoms with Crippen molar-refractivity contribution in [2.45, 2.75) is 13.3 Å². The van der Waals surface area contributed by atoms with E-state index in [1.165, 1.54) is 5.56 Å². The summed E-state index contributed by atoms with van der Waals surface area (Å²) in [5.74, 6) is 3.27. The van der Waals surface area contributed by atoms with Gasteiger partial charge in [0.2, 0.25) is 0 Å². The predicted molar refractivity (Wildman–Crippen MR) is 60.2 cm³/mol. The van der Waals surface area contributed by atoms with E-state index < -0.39 is 11.8 Å². The van der Waals surface area contributed by atoms with Gasteiger partial charge in [-0.25, -0.2) is 5.84 Å². The minimum atomic E-state index is -0.830. The van der Waals surface area contributed by atoms with Crippen molar-refractivity contribution in [3.05, 3.63) is 35.4 Å². The number of benzene rings is 1. The van der Waals surface area contributed by atoms with Crippen LogP contribution in [0.5, 0.6) is 0 Å². The molecule has 1 aromatic carbocycles. The first kappa shape index (κ1) is 12.2. The van der Waals surface area contributed by atoms with Crippen molar-refractivity contribution >= 4 is 11.8 Å². The Morgan fingerprint density at radius 3 is 2.38 bits per heavy atom. The highest BCUT2D eigenvalue weighted by Gasteiger charge is 2.09. The number of nitrogens with two attached hydrogens (primary N) is 1. The summed E-state index contributed by atoms with van der Waals surface area (Å²) >= 11 is 0. The van der Waals surface area contributed by atoms with Gasteiger partial charge in [-0.3, -0.25) is 15.0 Å². The van der Waals surface area contributed by atoms with Crippen molar-refractivity contribution in [1.29, 1.82) is 0 Å². The monoisotopic (exact) mass is 221 g/mol. The van der Waals surface area contributed by atoms with Gasteiger partial charge in [-0.05, 0) is 18.9 Å². The van der Waals surface area contributed by atoms with Crippen LogP contribution in [0.3, 0.4) is 0 Å². The Kier molecular flexibility index (Phi) is 4.47. The fourth-order valence-corrected chi connectivity index (χ4v) is 1.22. The first-order valence-electron chi connectivity index (χ1n) is 4.98. The highest BCUT2D eigenvalue weighted by atomic mass is 16.2. The topological polar surface area (TPSA) is 84.2 Å². The molecule has 1 aromatic rings. The van der Waals surface area contributed by atoms with Gasteiger partial charge in [-0.1, -0.05) is 29.8 Å². The van der Waals surface area contributed by atoms with Crippen LogP contribution in [-0.4, -0.2) is 18.4 Å². The molecule has 0 atom stereocenters. The number of hydrogen-bond acceptors (Lipinski definition) is 3. The largest absolute Gasteiger partial charge is 0.347 e. The molecule has 0 bridgehead atoms. The quantitative estimate of drug-likeness (QED) is 0.282. The molecular formula is C11H15N3O2. The molecule has 1 rings (SSSR count). The molecule has 0 heterocycles. The van der Waals surface area contributed by atoms with E-state index in [2.05, 4.69) is 5.32 Å². The minimum absolute atomic E-state index is 0.412. The van der Waals surface area contributed by atoms with Crippen molar-refractivity contribution in [1.82, 2.24) is 10.7 Å². The van der Waals surface area contributed by atoms with Crippen molar-refractivity contribution in [3.63, 3.8) is 0 Å². The highest BCUT2D eigenvalue weighted by Crippen LogP contribution is 2.02. The number of hydrazine groups is 1. The van der Waals surface area contributed by atoms with Crippen molar-refractivity contribution < 1.29 is 9.59 Å². The molecule has 0 saturated carbocycles. The molecule has 0 fully saturated rings. The van der Waals surface area contributed by atoms with Crippen LogP contribution >= 0.6 is 0 Å². The second-order valence-electron chi connectivity index (χ2n) is 3.46. The highest BCUT2D eigenvalue weighted by molar-refractivity contribution is 6.34. The van der Waals surface area contributed by atoms with E-state index in [-0.39, 0.29) is 0 Å². The van der Waals surface area contributed by atoms with E-state index in [4.69, 9.17) is 5.84 Å². The van der Waals surface area contributed by atoms with Crippen LogP contribution in [0.1, 0.15) is 11.1 Å². The lowest BCUT2D eigenvalue weighted by molar-refractivity contribution is -0.139. The zero-order chi connectivity index (χ0) is 12.0. The number of carbonyl (C=O) groups is 2. The molecule has 0 aliphatic heterocycles. The zero-order valence-electron chi connectivity index (χ0n) is 9.12. The minimum Gasteiger partial charge on any atom is -0.347 e. The number of aryl methyl sites for hydroxylation is 1. The van der Waals surface area contributed by atoms with E-state index in [1.807, 2.05) is 31.2 Å². The molecule has 4 N–H and O–H groups in total. The predicted octanol–water partition coefficient (Wildman–Crippen LogP) is -0.356. The summed E-state index contributed by atoms with van der Waals surface area (Å²) in [5.41, 5.74) is 4.07. The van der Waals surface area contributed by atoms with Crippen LogP contribution in [0, 0.1) is 6.92 Å². The smallest absolute Gasteiger partial charge is 0.323 e. The molecule has 5 heteroatoms. The van der Waals surface area contributed by atoms with Gasteiger partial charge in [0.15, 0.2) is 0 Å². The Hall–Kier alpha value is -1.88. The maximum absolute atomic E-state index is 11.0. The summed E-state index contributed by atoms with van der Waals surface area (Å²) in [7, 11) is 0. The average molecular weight is 221 g/mol. The number of hydrogen-bond donors (Lipinski definition) is 3. The second-order valence-corrected chi connectivity index (χ2v) is 3.46. The molecule has 5 nitrogen and oxygen atoms in total. The molecule has 0 aliphatic rings. The number of nitrogens with one attached hydrogen (secondary N) is 2. The standard InChI is InChI=1S/C11H15N3O2/c1-8-2-4-9(5-3-8)6-7-13-10(15)11(16)14-12/h2-5H,6-7,12H2,1H3,(H,13,15)(H,14,16). The van der Waals surface area contributed by atoms with Crippen LogP contribution < -0.4 is 16.6 Å². The van der Waals surface area contributed by atoms with Crippen LogP contribution in [0.25, 0.3) is 0 Å². The Balaban J connectivity index is 2.33. The summed E-state index contributed by atoms with van der Waals surface area (Å²) in [6.45, 7) is 2.42. The van der Waals surface area contributed by atoms with E-state index in [9.17, 15) is 9.59 Å². The normalized spacial score (nSPS) is 9.62. The first-order valence-corrected chi connectivity index (χ1v) is 4.98. The number of rotatable bonds is 3. The van der Waals surface area contributed by atoms with Crippen molar-refractivity contribution in [2.24, 2.45) is 5.84 Å². The summed E-state index contributed by atoms with van der Waals surface area (Å²) < 4.78 is 0. The van der Waals surface area contributed by atoms with Gasteiger partial charge in [0.05, 0.1) is 0 Å². The molecule has 86 valence electrons. The maximum atomic E-state index is 11.0. The third-order valence-corrected chi connectivity index (χ3v) is 2.16. The molecule has 0 unspecified atom stereocenters. The van der Waals surface area contributed by atoms with Crippen molar-refractivity contribution in [3.8, 4) is 0 Å². The Labute approximate surface area is 94.0 Å². The first-order chi connectivity index (χ1) is 7.63. The zero-order valence-corrected chi connectivity index (χ0v) is 9.12. The molecule has 0 radical (unpaired) electrons. The van der Waals surface area contributed by atoms with Gasteiger partial charge < -0.3 is 5.32 Å². The fraction of sp³-hybridized carbons (Fsp3) is 0.273. The van der Waals surface area contributed by atoms with E-state index in [1.54, 1.807) is 5.43 Å². The lowest BCUT2D eigenvalue weighted by Crippen LogP contribution is -2.43. The molecular weight excluding hydrogens is 206 g/mol. The van der Waals surface area contributed by atoms with E-state index >= 15 is 0 Å². The average Bonchev–Trinajstić information content (AvgIpc) is 2.30. The fourth-order valence-electron chi connectivity index (χ4n) is 1.22. The van der Waals surface area contributed by atoms with E-state index in [0.29, 0.717) is 13.0 Å². The summed E-state index contributed by atoms with van der Waals surface area (Å²) in [4.78, 5) is 21.8. The maximum Gasteiger partial charge on any atom is 0.323 e. The molecule has 0 aromatic heterocycles. The SMILES string of the molecule is Cc1ccc(CCNC(=O)C(=O)NN)cc1. The number of amides is 2. The van der Waals surface area contributed by atoms with E-state index in [0.717, 1.165) is 5.56 Å². The lowest BCUT2D eigenvalue weighted by Gasteiger charge is -2.04. The van der Waals surface area contributed by atoms with Gasteiger partial charge in [0.1, 0.15) is 0 Å². The van der Waals surface area contributed by atoms with Gasteiger partial charge in [-0.2, -0.15) is 0 Å². The summed E-state index contributed by atoms with van der Waals surface area (Å²) in [6, 6.07) is 7.99. The molecule has 0 aliphatic carbocycles. The summed E-state index contributed by atoms with van der Waals surface area (Å²) in [5, 5.41) is 2.47. The van der Waals surface area contributed by atoms with Gasteiger partial charge in [-0.15, -0.1) is 0 Å². The summed E-state index contributed by atoms with van der Waals surface area (Å²) in [6.07, 6.45) is 0.684. The Morgan fingerprint density at radius 1 is 1.19 bits per heavy atom.